The second-order valence-corrected chi connectivity index (χ2v) is 8.93. The van der Waals surface area contributed by atoms with Crippen molar-refractivity contribution >= 4 is 33.7 Å². The number of rotatable bonds is 8. The van der Waals surface area contributed by atoms with Gasteiger partial charge in [0, 0.05) is 11.6 Å². The molecule has 0 aliphatic rings. The second-order valence-electron chi connectivity index (χ2n) is 6.56. The van der Waals surface area contributed by atoms with Crippen LogP contribution < -0.4 is 5.43 Å². The maximum atomic E-state index is 13.2. The van der Waals surface area contributed by atoms with Gasteiger partial charge in [-0.15, -0.1) is 0 Å². The Morgan fingerprint density at radius 2 is 1.65 bits per heavy atom. The highest BCUT2D eigenvalue weighted by molar-refractivity contribution is 7.89. The summed E-state index contributed by atoms with van der Waals surface area (Å²) in [4.78, 5) is 12.5. The van der Waals surface area contributed by atoms with Crippen LogP contribution >= 0.6 is 11.6 Å². The number of carbonyl (C=O) groups excluding carboxylic acids is 1. The molecule has 0 unspecified atom stereocenters. The topological polar surface area (TPSA) is 78.8 Å². The average molecular weight is 460 g/mol. The standard InChI is InChI=1S/C22H19ClFN3O3S/c23-19-10-6-17(7-11-19)14-25-26-22(28)16-27(15-18-8-12-20(24)13-9-18)31(29,30)21-4-2-1-3-5-21/h1-14H,15-16H2,(H,26,28)/b25-14-. The number of hydrazone groups is 1. The summed E-state index contributed by atoms with van der Waals surface area (Å²) in [6.07, 6.45) is 1.42. The third kappa shape index (κ3) is 6.45. The molecule has 3 rings (SSSR count). The number of nitrogens with zero attached hydrogens (tertiary/aromatic N) is 2. The van der Waals surface area contributed by atoms with Crippen LogP contribution in [-0.4, -0.2) is 31.4 Å². The fourth-order valence-corrected chi connectivity index (χ4v) is 4.22. The Morgan fingerprint density at radius 3 is 2.29 bits per heavy atom. The molecule has 0 radical (unpaired) electrons. The van der Waals surface area contributed by atoms with Crippen molar-refractivity contribution in [2.24, 2.45) is 5.10 Å². The van der Waals surface area contributed by atoms with Crippen molar-refractivity contribution in [3.63, 3.8) is 0 Å². The van der Waals surface area contributed by atoms with Crippen LogP contribution in [0.15, 0.2) is 88.9 Å². The monoisotopic (exact) mass is 459 g/mol. The molecule has 3 aromatic carbocycles. The van der Waals surface area contributed by atoms with E-state index in [1.165, 1.54) is 42.6 Å². The van der Waals surface area contributed by atoms with E-state index in [-0.39, 0.29) is 11.4 Å². The number of halogens is 2. The van der Waals surface area contributed by atoms with Crippen LogP contribution in [0.4, 0.5) is 4.39 Å². The van der Waals surface area contributed by atoms with Gasteiger partial charge in [0.2, 0.25) is 10.0 Å². The summed E-state index contributed by atoms with van der Waals surface area (Å²) in [6.45, 7) is -0.571. The Labute approximate surface area is 185 Å². The zero-order valence-electron chi connectivity index (χ0n) is 16.3. The molecule has 0 atom stereocenters. The fourth-order valence-electron chi connectivity index (χ4n) is 2.68. The van der Waals surface area contributed by atoms with Crippen LogP contribution in [0.1, 0.15) is 11.1 Å². The van der Waals surface area contributed by atoms with Crippen molar-refractivity contribution < 1.29 is 17.6 Å². The summed E-state index contributed by atoms with van der Waals surface area (Å²) in [6, 6.07) is 20.0. The van der Waals surface area contributed by atoms with Crippen molar-refractivity contribution in [1.82, 2.24) is 9.73 Å². The van der Waals surface area contributed by atoms with E-state index in [1.54, 1.807) is 42.5 Å². The number of sulfonamides is 1. The Balaban J connectivity index is 1.76. The molecule has 0 spiro atoms. The van der Waals surface area contributed by atoms with Crippen molar-refractivity contribution in [3.05, 3.63) is 101 Å². The van der Waals surface area contributed by atoms with Crippen molar-refractivity contribution in [1.29, 1.82) is 0 Å². The van der Waals surface area contributed by atoms with Crippen LogP contribution in [0.5, 0.6) is 0 Å². The van der Waals surface area contributed by atoms with Gasteiger partial charge in [-0.3, -0.25) is 4.79 Å². The van der Waals surface area contributed by atoms with E-state index in [9.17, 15) is 17.6 Å². The molecule has 0 bridgehead atoms. The lowest BCUT2D eigenvalue weighted by molar-refractivity contribution is -0.121. The highest BCUT2D eigenvalue weighted by atomic mass is 35.5. The molecular weight excluding hydrogens is 441 g/mol. The van der Waals surface area contributed by atoms with Crippen LogP contribution in [0.25, 0.3) is 0 Å². The first-order valence-corrected chi connectivity index (χ1v) is 11.0. The maximum absolute atomic E-state index is 13.2. The van der Waals surface area contributed by atoms with Gasteiger partial charge in [0.1, 0.15) is 5.82 Å². The van der Waals surface area contributed by atoms with Crippen LogP contribution in [0.2, 0.25) is 5.02 Å². The Kier molecular flexibility index (Phi) is 7.51. The largest absolute Gasteiger partial charge is 0.272 e. The third-order valence-corrected chi connectivity index (χ3v) is 6.30. The minimum atomic E-state index is -3.97. The number of carbonyl (C=O) groups is 1. The number of hydrogen-bond donors (Lipinski definition) is 1. The van der Waals surface area contributed by atoms with Gasteiger partial charge in [0.05, 0.1) is 17.7 Å². The molecule has 0 saturated carbocycles. The van der Waals surface area contributed by atoms with Crippen LogP contribution in [-0.2, 0) is 21.4 Å². The summed E-state index contributed by atoms with van der Waals surface area (Å²) >= 11 is 5.82. The Morgan fingerprint density at radius 1 is 1.00 bits per heavy atom. The van der Waals surface area contributed by atoms with Crippen LogP contribution in [0.3, 0.4) is 0 Å². The third-order valence-electron chi connectivity index (χ3n) is 4.25. The van der Waals surface area contributed by atoms with Gasteiger partial charge in [0.25, 0.3) is 5.91 Å². The lowest BCUT2D eigenvalue weighted by Gasteiger charge is -2.21. The highest BCUT2D eigenvalue weighted by Gasteiger charge is 2.26. The van der Waals surface area contributed by atoms with Crippen molar-refractivity contribution in [2.45, 2.75) is 11.4 Å². The zero-order chi connectivity index (χ0) is 22.3. The van der Waals surface area contributed by atoms with Gasteiger partial charge in [-0.2, -0.15) is 9.41 Å². The molecule has 0 aliphatic carbocycles. The molecule has 0 fully saturated rings. The van der Waals surface area contributed by atoms with Gasteiger partial charge in [-0.1, -0.05) is 54.1 Å². The molecule has 6 nitrogen and oxygen atoms in total. The van der Waals surface area contributed by atoms with Gasteiger partial charge >= 0.3 is 0 Å². The van der Waals surface area contributed by atoms with Gasteiger partial charge in [-0.25, -0.2) is 18.2 Å². The minimum absolute atomic E-state index is 0.0505. The lowest BCUT2D eigenvalue weighted by Crippen LogP contribution is -2.39. The zero-order valence-corrected chi connectivity index (χ0v) is 17.9. The van der Waals surface area contributed by atoms with E-state index in [1.807, 2.05) is 0 Å². The Hall–Kier alpha value is -3.07. The molecule has 9 heteroatoms. The van der Waals surface area contributed by atoms with Gasteiger partial charge in [-0.05, 0) is 47.5 Å². The molecule has 1 N–H and O–H groups in total. The second kappa shape index (κ2) is 10.3. The van der Waals surface area contributed by atoms with Crippen molar-refractivity contribution in [2.75, 3.05) is 6.54 Å². The molecule has 3 aromatic rings. The average Bonchev–Trinajstić information content (AvgIpc) is 2.77. The van der Waals surface area contributed by atoms with E-state index in [0.29, 0.717) is 16.1 Å². The molecule has 0 saturated heterocycles. The predicted molar refractivity (Wildman–Crippen MR) is 118 cm³/mol. The first kappa shape index (κ1) is 22.6. The molecule has 160 valence electrons. The van der Waals surface area contributed by atoms with Gasteiger partial charge in [0.15, 0.2) is 0 Å². The predicted octanol–water partition coefficient (Wildman–Crippen LogP) is 3.82. The van der Waals surface area contributed by atoms with Crippen LogP contribution in [0, 0.1) is 5.82 Å². The van der Waals surface area contributed by atoms with E-state index < -0.39 is 28.3 Å². The SMILES string of the molecule is O=C(CN(Cc1ccc(F)cc1)S(=O)(=O)c1ccccc1)N/N=C\c1ccc(Cl)cc1. The molecule has 0 heterocycles. The van der Waals surface area contributed by atoms with E-state index in [4.69, 9.17) is 11.6 Å². The normalized spacial score (nSPS) is 11.7. The maximum Gasteiger partial charge on any atom is 0.255 e. The van der Waals surface area contributed by atoms with Gasteiger partial charge < -0.3 is 0 Å². The molecule has 0 aromatic heterocycles. The molecule has 31 heavy (non-hydrogen) atoms. The minimum Gasteiger partial charge on any atom is -0.272 e. The fraction of sp³-hybridized carbons (Fsp3) is 0.0909. The summed E-state index contributed by atoms with van der Waals surface area (Å²) in [5, 5.41) is 4.43. The number of amides is 1. The Bertz CT molecular complexity index is 1150. The molecule has 0 aliphatic heterocycles. The smallest absolute Gasteiger partial charge is 0.255 e. The summed E-state index contributed by atoms with van der Waals surface area (Å²) in [5.41, 5.74) is 3.58. The number of nitrogens with one attached hydrogen (secondary N) is 1. The molecular formula is C22H19ClFN3O3S. The number of benzene rings is 3. The quantitative estimate of drug-likeness (QED) is 0.411. The first-order valence-electron chi connectivity index (χ1n) is 9.22. The first-order chi connectivity index (χ1) is 14.8. The number of hydrogen-bond acceptors (Lipinski definition) is 4. The highest BCUT2D eigenvalue weighted by Crippen LogP contribution is 2.18. The van der Waals surface area contributed by atoms with E-state index >= 15 is 0 Å². The summed E-state index contributed by atoms with van der Waals surface area (Å²) < 4.78 is 40.4. The van der Waals surface area contributed by atoms with E-state index in [2.05, 4.69) is 10.5 Å². The molecule has 1 amide bonds. The lowest BCUT2D eigenvalue weighted by atomic mass is 10.2. The summed E-state index contributed by atoms with van der Waals surface area (Å²) in [5.74, 6) is -1.05. The summed E-state index contributed by atoms with van der Waals surface area (Å²) in [7, 11) is -3.97. The van der Waals surface area contributed by atoms with E-state index in [0.717, 1.165) is 4.31 Å². The van der Waals surface area contributed by atoms with Crippen molar-refractivity contribution in [3.8, 4) is 0 Å².